The summed E-state index contributed by atoms with van der Waals surface area (Å²) in [5.74, 6) is 1.18. The van der Waals surface area contributed by atoms with Crippen LogP contribution < -0.4 is 15.4 Å². The number of benzene rings is 1. The fourth-order valence-corrected chi connectivity index (χ4v) is 2.37. The molecule has 0 saturated heterocycles. The van der Waals surface area contributed by atoms with Crippen LogP contribution in [0.15, 0.2) is 24.3 Å². The smallest absolute Gasteiger partial charge is 0.319 e. The number of hydrogen-bond acceptors (Lipinski definition) is 4. The molecule has 0 aliphatic heterocycles. The Balaban J connectivity index is 2.54. The van der Waals surface area contributed by atoms with Crippen LogP contribution in [0, 0.1) is 0 Å². The molecule has 1 rings (SSSR count). The number of para-hydroxylation sites is 2. The van der Waals surface area contributed by atoms with Gasteiger partial charge in [-0.3, -0.25) is 0 Å². The zero-order chi connectivity index (χ0) is 15.0. The number of rotatable bonds is 7. The maximum atomic E-state index is 11.8. The Kier molecular flexibility index (Phi) is 6.67. The summed E-state index contributed by atoms with van der Waals surface area (Å²) < 4.78 is 5.43. The van der Waals surface area contributed by atoms with Crippen molar-refractivity contribution < 1.29 is 14.6 Å². The van der Waals surface area contributed by atoms with Crippen LogP contribution in [-0.2, 0) is 0 Å². The van der Waals surface area contributed by atoms with Gasteiger partial charge in [-0.15, -0.1) is 0 Å². The number of nitrogens with one attached hydrogen (secondary N) is 2. The molecule has 112 valence electrons. The highest BCUT2D eigenvalue weighted by molar-refractivity contribution is 7.98. The molecule has 0 heterocycles. The molecule has 0 spiro atoms. The molecule has 0 saturated carbocycles. The van der Waals surface area contributed by atoms with E-state index in [2.05, 4.69) is 10.6 Å². The Morgan fingerprint density at radius 2 is 2.15 bits per heavy atom. The average Bonchev–Trinajstić information content (AvgIpc) is 2.39. The number of carbonyl (C=O) groups is 1. The first-order valence-corrected chi connectivity index (χ1v) is 7.86. The Hall–Kier alpha value is -1.40. The first-order valence-electron chi connectivity index (χ1n) is 6.46. The number of thioether (sulfide) groups is 1. The number of hydrogen-bond donors (Lipinski definition) is 3. The van der Waals surface area contributed by atoms with Gasteiger partial charge in [0.1, 0.15) is 5.75 Å². The van der Waals surface area contributed by atoms with Gasteiger partial charge in [0.25, 0.3) is 0 Å². The van der Waals surface area contributed by atoms with Crippen molar-refractivity contribution in [3.05, 3.63) is 24.3 Å². The number of ether oxygens (including phenoxy) is 1. The molecular weight excluding hydrogens is 276 g/mol. The van der Waals surface area contributed by atoms with E-state index < -0.39 is 5.60 Å². The lowest BCUT2D eigenvalue weighted by Crippen LogP contribution is -2.43. The highest BCUT2D eigenvalue weighted by atomic mass is 32.2. The summed E-state index contributed by atoms with van der Waals surface area (Å²) in [6.45, 7) is 4.30. The van der Waals surface area contributed by atoms with E-state index in [0.29, 0.717) is 23.8 Å². The molecule has 0 aromatic heterocycles. The van der Waals surface area contributed by atoms with Crippen molar-refractivity contribution in [2.45, 2.75) is 19.4 Å². The minimum Gasteiger partial charge on any atom is -0.492 e. The maximum Gasteiger partial charge on any atom is 0.319 e. The summed E-state index contributed by atoms with van der Waals surface area (Å²) in [4.78, 5) is 11.8. The second-order valence-corrected chi connectivity index (χ2v) is 5.53. The maximum absolute atomic E-state index is 11.8. The molecule has 1 atom stereocenters. The molecule has 0 bridgehead atoms. The Morgan fingerprint density at radius 1 is 1.45 bits per heavy atom. The summed E-state index contributed by atoms with van der Waals surface area (Å²) in [6, 6.07) is 6.87. The van der Waals surface area contributed by atoms with Gasteiger partial charge in [-0.25, -0.2) is 4.79 Å². The van der Waals surface area contributed by atoms with Gasteiger partial charge in [-0.1, -0.05) is 12.1 Å². The van der Waals surface area contributed by atoms with E-state index >= 15 is 0 Å². The molecule has 5 nitrogen and oxygen atoms in total. The van der Waals surface area contributed by atoms with Crippen LogP contribution in [0.2, 0.25) is 0 Å². The molecule has 0 aliphatic rings. The average molecular weight is 298 g/mol. The van der Waals surface area contributed by atoms with Crippen LogP contribution in [0.1, 0.15) is 13.8 Å². The van der Waals surface area contributed by atoms with Crippen molar-refractivity contribution in [1.82, 2.24) is 5.32 Å². The molecule has 6 heteroatoms. The van der Waals surface area contributed by atoms with E-state index in [4.69, 9.17) is 4.74 Å². The van der Waals surface area contributed by atoms with Crippen LogP contribution in [0.5, 0.6) is 5.75 Å². The highest BCUT2D eigenvalue weighted by Gasteiger charge is 2.20. The van der Waals surface area contributed by atoms with Gasteiger partial charge in [-0.2, -0.15) is 11.8 Å². The molecule has 20 heavy (non-hydrogen) atoms. The lowest BCUT2D eigenvalue weighted by molar-refractivity contribution is 0.0876. The summed E-state index contributed by atoms with van der Waals surface area (Å²) >= 11 is 1.53. The van der Waals surface area contributed by atoms with E-state index in [9.17, 15) is 9.90 Å². The minimum atomic E-state index is -0.920. The number of urea groups is 1. The molecule has 3 N–H and O–H groups in total. The Bertz CT molecular complexity index is 438. The van der Waals surface area contributed by atoms with E-state index in [1.807, 2.05) is 25.3 Å². The van der Waals surface area contributed by atoms with Crippen LogP contribution in [0.3, 0.4) is 0 Å². The largest absolute Gasteiger partial charge is 0.492 e. The number of amides is 2. The summed E-state index contributed by atoms with van der Waals surface area (Å²) in [7, 11) is 0. The lowest BCUT2D eigenvalue weighted by atomic mass is 10.1. The third-order valence-electron chi connectivity index (χ3n) is 2.52. The summed E-state index contributed by atoms with van der Waals surface area (Å²) in [6.07, 6.45) is 1.91. The monoisotopic (exact) mass is 298 g/mol. The molecule has 2 amide bonds. The van der Waals surface area contributed by atoms with E-state index in [1.165, 1.54) is 11.8 Å². The standard InChI is InChI=1S/C14H22N2O3S/c1-4-19-12-8-6-5-7-11(12)16-13(17)15-9-14(2,18)10-20-3/h5-8,18H,4,9-10H2,1-3H3,(H2,15,16,17). The van der Waals surface area contributed by atoms with Crippen molar-refractivity contribution in [2.24, 2.45) is 0 Å². The molecule has 1 aromatic carbocycles. The topological polar surface area (TPSA) is 70.6 Å². The minimum absolute atomic E-state index is 0.191. The van der Waals surface area contributed by atoms with Crippen molar-refractivity contribution in [3.63, 3.8) is 0 Å². The number of anilines is 1. The third kappa shape index (κ3) is 5.71. The number of aliphatic hydroxyl groups is 1. The second-order valence-electron chi connectivity index (χ2n) is 4.67. The zero-order valence-electron chi connectivity index (χ0n) is 12.1. The van der Waals surface area contributed by atoms with Crippen LogP contribution in [0.4, 0.5) is 10.5 Å². The molecule has 1 unspecified atom stereocenters. The highest BCUT2D eigenvalue weighted by Crippen LogP contribution is 2.23. The van der Waals surface area contributed by atoms with Gasteiger partial charge in [-0.05, 0) is 32.2 Å². The summed E-state index contributed by atoms with van der Waals surface area (Å²) in [5.41, 5.74) is -0.313. The van der Waals surface area contributed by atoms with Gasteiger partial charge in [0, 0.05) is 12.3 Å². The Morgan fingerprint density at radius 3 is 2.80 bits per heavy atom. The fraction of sp³-hybridized carbons (Fsp3) is 0.500. The van der Waals surface area contributed by atoms with E-state index in [1.54, 1.807) is 19.1 Å². The first-order chi connectivity index (χ1) is 9.48. The number of carbonyl (C=O) groups excluding carboxylic acids is 1. The van der Waals surface area contributed by atoms with E-state index in [0.717, 1.165) is 0 Å². The van der Waals surface area contributed by atoms with E-state index in [-0.39, 0.29) is 12.6 Å². The van der Waals surface area contributed by atoms with Crippen LogP contribution in [0.25, 0.3) is 0 Å². The van der Waals surface area contributed by atoms with Gasteiger partial charge in [0.05, 0.1) is 17.9 Å². The van der Waals surface area contributed by atoms with Gasteiger partial charge < -0.3 is 20.5 Å². The summed E-state index contributed by atoms with van der Waals surface area (Å²) in [5, 5.41) is 15.4. The van der Waals surface area contributed by atoms with Crippen molar-refractivity contribution in [1.29, 1.82) is 0 Å². The predicted octanol–water partition coefficient (Wildman–Crippen LogP) is 2.32. The zero-order valence-corrected chi connectivity index (χ0v) is 12.9. The third-order valence-corrected chi connectivity index (χ3v) is 3.43. The second kappa shape index (κ2) is 8.01. The fourth-order valence-electron chi connectivity index (χ4n) is 1.65. The molecule has 0 fully saturated rings. The molecule has 1 aromatic rings. The predicted molar refractivity (Wildman–Crippen MR) is 83.6 cm³/mol. The quantitative estimate of drug-likeness (QED) is 0.722. The molecular formula is C14H22N2O3S. The lowest BCUT2D eigenvalue weighted by Gasteiger charge is -2.22. The normalized spacial score (nSPS) is 13.4. The van der Waals surface area contributed by atoms with Crippen molar-refractivity contribution >= 4 is 23.5 Å². The first kappa shape index (κ1) is 16.7. The van der Waals surface area contributed by atoms with Gasteiger partial charge in [0.15, 0.2) is 0 Å². The molecule has 0 radical (unpaired) electrons. The van der Waals surface area contributed by atoms with Gasteiger partial charge in [0.2, 0.25) is 0 Å². The van der Waals surface area contributed by atoms with Gasteiger partial charge >= 0.3 is 6.03 Å². The Labute approximate surface area is 124 Å². The SMILES string of the molecule is CCOc1ccccc1NC(=O)NCC(C)(O)CSC. The molecule has 0 aliphatic carbocycles. The van der Waals surface area contributed by atoms with Crippen LogP contribution in [-0.4, -0.2) is 41.9 Å². The van der Waals surface area contributed by atoms with Crippen LogP contribution >= 0.6 is 11.8 Å². The van der Waals surface area contributed by atoms with Crippen molar-refractivity contribution in [3.8, 4) is 5.75 Å². The van der Waals surface area contributed by atoms with Crippen molar-refractivity contribution in [2.75, 3.05) is 30.5 Å².